The molecule has 21 heavy (non-hydrogen) atoms. The van der Waals surface area contributed by atoms with Crippen molar-refractivity contribution in [1.82, 2.24) is 19.9 Å². The fourth-order valence-electron chi connectivity index (χ4n) is 1.98. The first-order valence-electron chi connectivity index (χ1n) is 6.22. The number of ether oxygens (including phenoxy) is 2. The third-order valence-corrected chi connectivity index (χ3v) is 2.91. The number of nitrogens with zero attached hydrogens (tertiary/aromatic N) is 3. The number of aromatic nitrogens is 4. The van der Waals surface area contributed by atoms with Crippen LogP contribution in [0.1, 0.15) is 0 Å². The molecule has 6 nitrogen and oxygen atoms in total. The summed E-state index contributed by atoms with van der Waals surface area (Å²) in [6.07, 6.45) is 8.31. The number of methoxy groups -OCH3 is 1. The smallest absolute Gasteiger partial charge is 0.161 e. The highest BCUT2D eigenvalue weighted by molar-refractivity contribution is 5.77. The lowest BCUT2D eigenvalue weighted by Gasteiger charge is -2.09. The van der Waals surface area contributed by atoms with E-state index < -0.39 is 0 Å². The van der Waals surface area contributed by atoms with Crippen LogP contribution in [0.5, 0.6) is 11.5 Å². The molecule has 2 heterocycles. The SMILES string of the molecule is C#CCOc1ccc(OC)c(-c2nc3cncnc3[nH]2)c1. The number of aromatic amines is 1. The Morgan fingerprint density at radius 2 is 2.29 bits per heavy atom. The minimum Gasteiger partial charge on any atom is -0.496 e. The molecule has 0 unspecified atom stereocenters. The highest BCUT2D eigenvalue weighted by Crippen LogP contribution is 2.32. The van der Waals surface area contributed by atoms with E-state index in [9.17, 15) is 0 Å². The molecule has 0 saturated carbocycles. The summed E-state index contributed by atoms with van der Waals surface area (Å²) in [5.74, 6) is 4.39. The Morgan fingerprint density at radius 1 is 1.38 bits per heavy atom. The molecule has 104 valence electrons. The van der Waals surface area contributed by atoms with Gasteiger partial charge in [0, 0.05) is 0 Å². The molecule has 1 N–H and O–H groups in total. The Kier molecular flexibility index (Phi) is 3.39. The first-order valence-corrected chi connectivity index (χ1v) is 6.22. The molecule has 0 saturated heterocycles. The van der Waals surface area contributed by atoms with Crippen LogP contribution < -0.4 is 9.47 Å². The maximum atomic E-state index is 5.43. The lowest BCUT2D eigenvalue weighted by atomic mass is 10.2. The topological polar surface area (TPSA) is 72.9 Å². The number of benzene rings is 1. The molecule has 0 aliphatic heterocycles. The second-order valence-corrected chi connectivity index (χ2v) is 4.20. The highest BCUT2D eigenvalue weighted by Gasteiger charge is 2.12. The molecule has 0 aliphatic carbocycles. The lowest BCUT2D eigenvalue weighted by Crippen LogP contribution is -1.95. The van der Waals surface area contributed by atoms with Gasteiger partial charge >= 0.3 is 0 Å². The monoisotopic (exact) mass is 280 g/mol. The van der Waals surface area contributed by atoms with Crippen molar-refractivity contribution < 1.29 is 9.47 Å². The van der Waals surface area contributed by atoms with E-state index in [1.54, 1.807) is 25.4 Å². The van der Waals surface area contributed by atoms with Crippen molar-refractivity contribution in [2.75, 3.05) is 13.7 Å². The van der Waals surface area contributed by atoms with Gasteiger partial charge in [0.2, 0.25) is 0 Å². The maximum absolute atomic E-state index is 5.43. The van der Waals surface area contributed by atoms with Crippen molar-refractivity contribution in [3.8, 4) is 35.2 Å². The summed E-state index contributed by atoms with van der Waals surface area (Å²) in [5.41, 5.74) is 2.12. The first-order chi connectivity index (χ1) is 10.3. The van der Waals surface area contributed by atoms with Crippen molar-refractivity contribution in [2.24, 2.45) is 0 Å². The lowest BCUT2D eigenvalue weighted by molar-refractivity contribution is 0.368. The summed E-state index contributed by atoms with van der Waals surface area (Å²) in [7, 11) is 1.60. The average Bonchev–Trinajstić information content (AvgIpc) is 2.96. The van der Waals surface area contributed by atoms with Gasteiger partial charge in [-0.15, -0.1) is 6.42 Å². The van der Waals surface area contributed by atoms with E-state index in [2.05, 4.69) is 25.9 Å². The van der Waals surface area contributed by atoms with Crippen molar-refractivity contribution in [1.29, 1.82) is 0 Å². The molecule has 0 aliphatic rings. The number of imidazole rings is 1. The molecule has 0 fully saturated rings. The minimum absolute atomic E-state index is 0.206. The zero-order valence-electron chi connectivity index (χ0n) is 11.3. The summed E-state index contributed by atoms with van der Waals surface area (Å²) in [6, 6.07) is 5.42. The molecule has 2 aromatic heterocycles. The highest BCUT2D eigenvalue weighted by atomic mass is 16.5. The van der Waals surface area contributed by atoms with Gasteiger partial charge in [0.15, 0.2) is 5.65 Å². The number of terminal acetylenes is 1. The molecule has 0 amide bonds. The Bertz CT molecular complexity index is 787. The molecular formula is C15H12N4O2. The van der Waals surface area contributed by atoms with Crippen LogP contribution in [0.4, 0.5) is 0 Å². The molecule has 0 spiro atoms. The number of hydrogen-bond acceptors (Lipinski definition) is 5. The predicted octanol–water partition coefficient (Wildman–Crippen LogP) is 2.04. The van der Waals surface area contributed by atoms with E-state index in [0.717, 1.165) is 5.56 Å². The van der Waals surface area contributed by atoms with Crippen LogP contribution >= 0.6 is 0 Å². The van der Waals surface area contributed by atoms with Crippen molar-refractivity contribution in [2.45, 2.75) is 0 Å². The maximum Gasteiger partial charge on any atom is 0.161 e. The largest absolute Gasteiger partial charge is 0.496 e. The fourth-order valence-corrected chi connectivity index (χ4v) is 1.98. The molecular weight excluding hydrogens is 268 g/mol. The molecule has 0 radical (unpaired) electrons. The third-order valence-electron chi connectivity index (χ3n) is 2.91. The van der Waals surface area contributed by atoms with Crippen LogP contribution in [0.2, 0.25) is 0 Å². The second kappa shape index (κ2) is 5.51. The Labute approximate surface area is 121 Å². The van der Waals surface area contributed by atoms with Gasteiger partial charge in [0.05, 0.1) is 18.9 Å². The molecule has 3 aromatic rings. The van der Waals surface area contributed by atoms with E-state index in [-0.39, 0.29) is 6.61 Å². The quantitative estimate of drug-likeness (QED) is 0.740. The summed E-state index contributed by atoms with van der Waals surface area (Å²) < 4.78 is 10.8. The van der Waals surface area contributed by atoms with Gasteiger partial charge in [0.25, 0.3) is 0 Å². The van der Waals surface area contributed by atoms with E-state index in [1.807, 2.05) is 6.07 Å². The predicted molar refractivity (Wildman–Crippen MR) is 78.0 cm³/mol. The Balaban J connectivity index is 2.08. The standard InChI is InChI=1S/C15H12N4O2/c1-3-6-21-10-4-5-13(20-2)11(7-10)14-18-12-8-16-9-17-15(12)19-14/h1,4-5,7-9H,6H2,2H3,(H,16,17,18,19). The van der Waals surface area contributed by atoms with Gasteiger partial charge in [-0.2, -0.15) is 0 Å². The van der Waals surface area contributed by atoms with E-state index in [1.165, 1.54) is 6.33 Å². The Hall–Kier alpha value is -3.07. The summed E-state index contributed by atoms with van der Waals surface area (Å²) in [6.45, 7) is 0.206. The van der Waals surface area contributed by atoms with Crippen molar-refractivity contribution in [3.63, 3.8) is 0 Å². The first kappa shape index (κ1) is 12.9. The van der Waals surface area contributed by atoms with Crippen LogP contribution in [0, 0.1) is 12.3 Å². The molecule has 0 bridgehead atoms. The van der Waals surface area contributed by atoms with Gasteiger partial charge in [-0.1, -0.05) is 5.92 Å². The van der Waals surface area contributed by atoms with Gasteiger partial charge in [-0.05, 0) is 18.2 Å². The van der Waals surface area contributed by atoms with Crippen LogP contribution in [-0.4, -0.2) is 33.7 Å². The number of fused-ring (bicyclic) bond motifs is 1. The van der Waals surface area contributed by atoms with Crippen LogP contribution in [0.3, 0.4) is 0 Å². The normalized spacial score (nSPS) is 10.3. The van der Waals surface area contributed by atoms with E-state index >= 15 is 0 Å². The van der Waals surface area contributed by atoms with Crippen LogP contribution in [0.25, 0.3) is 22.6 Å². The molecule has 0 atom stereocenters. The number of nitrogens with one attached hydrogen (secondary N) is 1. The third kappa shape index (κ3) is 2.49. The number of H-pyrrole nitrogens is 1. The summed E-state index contributed by atoms with van der Waals surface area (Å²) in [5, 5.41) is 0. The summed E-state index contributed by atoms with van der Waals surface area (Å²) in [4.78, 5) is 15.7. The van der Waals surface area contributed by atoms with E-state index in [0.29, 0.717) is 28.5 Å². The van der Waals surface area contributed by atoms with Crippen LogP contribution in [-0.2, 0) is 0 Å². The zero-order valence-corrected chi connectivity index (χ0v) is 11.3. The minimum atomic E-state index is 0.206. The average molecular weight is 280 g/mol. The van der Waals surface area contributed by atoms with Crippen molar-refractivity contribution >= 4 is 11.2 Å². The number of hydrogen-bond donors (Lipinski definition) is 1. The molecule has 3 rings (SSSR count). The van der Waals surface area contributed by atoms with Gasteiger partial charge in [-0.25, -0.2) is 15.0 Å². The molecule has 1 aromatic carbocycles. The zero-order chi connectivity index (χ0) is 14.7. The second-order valence-electron chi connectivity index (χ2n) is 4.20. The number of rotatable bonds is 4. The van der Waals surface area contributed by atoms with Gasteiger partial charge in [-0.3, -0.25) is 0 Å². The molecule has 6 heteroatoms. The summed E-state index contributed by atoms with van der Waals surface area (Å²) >= 11 is 0. The fraction of sp³-hybridized carbons (Fsp3) is 0.133. The van der Waals surface area contributed by atoms with Crippen molar-refractivity contribution in [3.05, 3.63) is 30.7 Å². The van der Waals surface area contributed by atoms with E-state index in [4.69, 9.17) is 15.9 Å². The van der Waals surface area contributed by atoms with Gasteiger partial charge < -0.3 is 14.5 Å². The van der Waals surface area contributed by atoms with Crippen LogP contribution in [0.15, 0.2) is 30.7 Å². The van der Waals surface area contributed by atoms with Gasteiger partial charge in [0.1, 0.15) is 35.8 Å². The Morgan fingerprint density at radius 3 is 3.05 bits per heavy atom.